The van der Waals surface area contributed by atoms with Gasteiger partial charge in [-0.3, -0.25) is 0 Å². The molecule has 1 aromatic carbocycles. The normalized spacial score (nSPS) is 26.1. The van der Waals surface area contributed by atoms with Gasteiger partial charge in [-0.15, -0.1) is 0 Å². The van der Waals surface area contributed by atoms with Crippen LogP contribution in [0.3, 0.4) is 0 Å². The summed E-state index contributed by atoms with van der Waals surface area (Å²) in [5.41, 5.74) is 2.42. The Kier molecular flexibility index (Phi) is 2.90. The van der Waals surface area contributed by atoms with E-state index in [1.165, 1.54) is 5.56 Å². The van der Waals surface area contributed by atoms with Gasteiger partial charge in [-0.25, -0.2) is 4.98 Å². The van der Waals surface area contributed by atoms with Gasteiger partial charge in [0, 0.05) is 16.6 Å². The molecule has 1 aliphatic rings. The highest BCUT2D eigenvalue weighted by Gasteiger charge is 2.50. The molecule has 1 fully saturated rings. The summed E-state index contributed by atoms with van der Waals surface area (Å²) in [7, 11) is 1.73. The number of hydrogen-bond acceptors (Lipinski definition) is 2. The van der Waals surface area contributed by atoms with Gasteiger partial charge in [0.1, 0.15) is 5.75 Å². The maximum Gasteiger partial charge on any atom is 0.122 e. The summed E-state index contributed by atoms with van der Waals surface area (Å²) in [4.78, 5) is 7.41. The summed E-state index contributed by atoms with van der Waals surface area (Å²) in [6.07, 6.45) is 3.74. The van der Waals surface area contributed by atoms with Crippen LogP contribution in [0.15, 0.2) is 35.2 Å². The summed E-state index contributed by atoms with van der Waals surface area (Å²) < 4.78 is 6.56. The van der Waals surface area contributed by atoms with Crippen molar-refractivity contribution >= 4 is 15.9 Å². The lowest BCUT2D eigenvalue weighted by Crippen LogP contribution is -1.92. The number of imidazole rings is 1. The maximum absolute atomic E-state index is 5.47. The second kappa shape index (κ2) is 4.43. The molecule has 3 nitrogen and oxygen atoms in total. The Morgan fingerprint density at radius 1 is 1.33 bits per heavy atom. The lowest BCUT2D eigenvalue weighted by Gasteiger charge is -2.08. The van der Waals surface area contributed by atoms with Crippen LogP contribution in [0.4, 0.5) is 0 Å². The number of H-pyrrole nitrogens is 1. The minimum atomic E-state index is 0.499. The zero-order valence-corrected chi connectivity index (χ0v) is 11.9. The maximum atomic E-state index is 5.47. The van der Waals surface area contributed by atoms with Gasteiger partial charge in [0.2, 0.25) is 0 Å². The Morgan fingerprint density at radius 3 is 2.83 bits per heavy atom. The van der Waals surface area contributed by atoms with Gasteiger partial charge >= 0.3 is 0 Å². The molecule has 1 aromatic heterocycles. The molecule has 4 heteroatoms. The zero-order valence-electron chi connectivity index (χ0n) is 10.4. The number of aromatic nitrogens is 2. The molecule has 1 heterocycles. The quantitative estimate of drug-likeness (QED) is 0.939. The predicted octanol–water partition coefficient (Wildman–Crippen LogP) is 3.70. The molecule has 0 bridgehead atoms. The van der Waals surface area contributed by atoms with Crippen LogP contribution in [0.25, 0.3) is 0 Å². The Labute approximate surface area is 115 Å². The Bertz CT molecular complexity index is 553. The van der Waals surface area contributed by atoms with E-state index in [0.717, 1.165) is 15.9 Å². The van der Waals surface area contributed by atoms with Gasteiger partial charge in [0.15, 0.2) is 0 Å². The summed E-state index contributed by atoms with van der Waals surface area (Å²) in [5, 5.41) is 0. The molecule has 3 rings (SSSR count). The molecule has 2 aromatic rings. The van der Waals surface area contributed by atoms with E-state index in [0.29, 0.717) is 17.8 Å². The first-order valence-corrected chi connectivity index (χ1v) is 6.83. The van der Waals surface area contributed by atoms with Crippen molar-refractivity contribution in [3.63, 3.8) is 0 Å². The van der Waals surface area contributed by atoms with E-state index >= 15 is 0 Å². The van der Waals surface area contributed by atoms with Crippen LogP contribution in [-0.4, -0.2) is 17.1 Å². The third kappa shape index (κ3) is 1.85. The average molecular weight is 307 g/mol. The minimum absolute atomic E-state index is 0.499. The van der Waals surface area contributed by atoms with Crippen LogP contribution >= 0.6 is 15.9 Å². The summed E-state index contributed by atoms with van der Waals surface area (Å²) in [6.45, 7) is 2.27. The molecule has 0 aliphatic heterocycles. The van der Waals surface area contributed by atoms with Crippen LogP contribution in [0.5, 0.6) is 5.75 Å². The molecule has 94 valence electrons. The first kappa shape index (κ1) is 11.8. The largest absolute Gasteiger partial charge is 0.496 e. The Morgan fingerprint density at radius 2 is 2.17 bits per heavy atom. The fraction of sp³-hybridized carbons (Fsp3) is 0.357. The number of nitrogens with one attached hydrogen (secondary N) is 1. The third-order valence-electron chi connectivity index (χ3n) is 3.79. The number of hydrogen-bond donors (Lipinski definition) is 1. The second-order valence-corrected chi connectivity index (χ2v) is 5.71. The van der Waals surface area contributed by atoms with Gasteiger partial charge in [-0.05, 0) is 35.6 Å². The number of ether oxygens (including phenoxy) is 1. The molecule has 1 N–H and O–H groups in total. The number of nitrogens with zero attached hydrogens (tertiary/aromatic N) is 1. The first-order valence-electron chi connectivity index (χ1n) is 6.04. The van der Waals surface area contributed by atoms with Gasteiger partial charge in [0.25, 0.3) is 0 Å². The molecule has 0 spiro atoms. The van der Waals surface area contributed by atoms with E-state index in [-0.39, 0.29) is 0 Å². The number of halogens is 1. The van der Waals surface area contributed by atoms with Crippen molar-refractivity contribution in [1.29, 1.82) is 0 Å². The van der Waals surface area contributed by atoms with Crippen molar-refractivity contribution in [2.24, 2.45) is 5.92 Å². The van der Waals surface area contributed by atoms with Gasteiger partial charge in [0.05, 0.1) is 19.1 Å². The van der Waals surface area contributed by atoms with E-state index in [1.54, 1.807) is 13.4 Å². The molecule has 1 aliphatic carbocycles. The molecular weight excluding hydrogens is 292 g/mol. The van der Waals surface area contributed by atoms with Crippen LogP contribution in [0, 0.1) is 5.92 Å². The number of aromatic amines is 1. The Hall–Kier alpha value is -1.29. The third-order valence-corrected chi connectivity index (χ3v) is 4.28. The lowest BCUT2D eigenvalue weighted by atomic mass is 10.1. The zero-order chi connectivity index (χ0) is 12.7. The predicted molar refractivity (Wildman–Crippen MR) is 73.9 cm³/mol. The highest BCUT2D eigenvalue weighted by atomic mass is 79.9. The molecule has 0 radical (unpaired) electrons. The van der Waals surface area contributed by atoms with Crippen LogP contribution in [0.1, 0.15) is 30.0 Å². The number of benzene rings is 1. The van der Waals surface area contributed by atoms with Crippen LogP contribution in [0.2, 0.25) is 0 Å². The highest BCUT2D eigenvalue weighted by molar-refractivity contribution is 9.10. The molecule has 18 heavy (non-hydrogen) atoms. The molecule has 1 unspecified atom stereocenters. The first-order chi connectivity index (χ1) is 8.72. The van der Waals surface area contributed by atoms with Crippen molar-refractivity contribution < 1.29 is 4.74 Å². The molecule has 0 saturated heterocycles. The van der Waals surface area contributed by atoms with Crippen molar-refractivity contribution in [3.05, 3.63) is 46.5 Å². The lowest BCUT2D eigenvalue weighted by molar-refractivity contribution is 0.409. The number of methoxy groups -OCH3 is 1. The minimum Gasteiger partial charge on any atom is -0.496 e. The number of rotatable bonds is 3. The van der Waals surface area contributed by atoms with Gasteiger partial charge < -0.3 is 9.72 Å². The van der Waals surface area contributed by atoms with Gasteiger partial charge in [-0.1, -0.05) is 22.9 Å². The monoisotopic (exact) mass is 306 g/mol. The van der Waals surface area contributed by atoms with Crippen LogP contribution < -0.4 is 4.74 Å². The van der Waals surface area contributed by atoms with Crippen LogP contribution in [-0.2, 0) is 0 Å². The van der Waals surface area contributed by atoms with E-state index in [4.69, 9.17) is 4.74 Å². The molecule has 3 atom stereocenters. The fourth-order valence-electron chi connectivity index (χ4n) is 2.81. The van der Waals surface area contributed by atoms with Crippen molar-refractivity contribution in [2.45, 2.75) is 18.8 Å². The second-order valence-electron chi connectivity index (χ2n) is 4.79. The summed E-state index contributed by atoms with van der Waals surface area (Å²) in [6, 6.07) is 6.19. The van der Waals surface area contributed by atoms with Gasteiger partial charge in [-0.2, -0.15) is 0 Å². The standard InChI is InChI=1S/C14H15BrN2O/c1-8-13(14(8)11-6-16-7-17-11)10-5-9(15)3-4-12(10)18-2/h3-8,13-14H,1-2H3,(H,16,17)/t8-,13-,14?/m0/s1. The Balaban J connectivity index is 1.95. The fourth-order valence-corrected chi connectivity index (χ4v) is 3.19. The molecule has 1 saturated carbocycles. The molecular formula is C14H15BrN2O. The molecule has 0 amide bonds. The average Bonchev–Trinajstić information content (AvgIpc) is 2.79. The van der Waals surface area contributed by atoms with Crippen molar-refractivity contribution in [1.82, 2.24) is 9.97 Å². The highest BCUT2D eigenvalue weighted by Crippen LogP contribution is 2.61. The van der Waals surface area contributed by atoms with E-state index in [1.807, 2.05) is 18.3 Å². The van der Waals surface area contributed by atoms with Crippen molar-refractivity contribution in [3.8, 4) is 5.75 Å². The van der Waals surface area contributed by atoms with E-state index < -0.39 is 0 Å². The SMILES string of the molecule is COc1ccc(Br)cc1[C@H]1C(c2c[nH]cn2)[C@H]1C. The topological polar surface area (TPSA) is 37.9 Å². The summed E-state index contributed by atoms with van der Waals surface area (Å²) in [5.74, 6) is 2.57. The van der Waals surface area contributed by atoms with E-state index in [9.17, 15) is 0 Å². The smallest absolute Gasteiger partial charge is 0.122 e. The van der Waals surface area contributed by atoms with Crippen molar-refractivity contribution in [2.75, 3.05) is 7.11 Å². The van der Waals surface area contributed by atoms with E-state index in [2.05, 4.69) is 38.9 Å². The summed E-state index contributed by atoms with van der Waals surface area (Å²) >= 11 is 3.53.